The van der Waals surface area contributed by atoms with Crippen LogP contribution < -0.4 is 0 Å². The maximum atomic E-state index is 13.3. The van der Waals surface area contributed by atoms with Crippen LogP contribution in [0.4, 0.5) is 14.5 Å². The van der Waals surface area contributed by atoms with Gasteiger partial charge in [0.2, 0.25) is 0 Å². The molecule has 5 nitrogen and oxygen atoms in total. The standard InChI is InChI=1S/C14H18F2N2O3/c1-8(14(2,3)4)17(5)13(19)9-6-10(15)11(16)7-12(9)18(20)21/h6-8H,1-5H3. The molecule has 116 valence electrons. The molecule has 0 aliphatic rings. The first-order valence-electron chi connectivity index (χ1n) is 6.37. The number of carbonyl (C=O) groups excluding carboxylic acids is 1. The second kappa shape index (κ2) is 5.75. The third kappa shape index (κ3) is 3.53. The van der Waals surface area contributed by atoms with Gasteiger partial charge in [0.1, 0.15) is 5.56 Å². The first-order chi connectivity index (χ1) is 9.46. The van der Waals surface area contributed by atoms with Crippen molar-refractivity contribution in [2.45, 2.75) is 33.7 Å². The van der Waals surface area contributed by atoms with Crippen LogP contribution in [0, 0.1) is 27.2 Å². The summed E-state index contributed by atoms with van der Waals surface area (Å²) in [7, 11) is 1.48. The third-order valence-electron chi connectivity index (χ3n) is 3.62. The number of halogens is 2. The molecule has 7 heteroatoms. The highest BCUT2D eigenvalue weighted by Gasteiger charge is 2.32. The van der Waals surface area contributed by atoms with E-state index in [4.69, 9.17) is 0 Å². The summed E-state index contributed by atoms with van der Waals surface area (Å²) in [6.07, 6.45) is 0. The minimum absolute atomic E-state index is 0.252. The normalized spacial score (nSPS) is 12.9. The number of benzene rings is 1. The molecular weight excluding hydrogens is 282 g/mol. The Morgan fingerprint density at radius 1 is 1.29 bits per heavy atom. The zero-order chi connectivity index (χ0) is 16.5. The van der Waals surface area contributed by atoms with Crippen molar-refractivity contribution in [1.29, 1.82) is 0 Å². The Kier molecular flexibility index (Phi) is 4.65. The molecule has 21 heavy (non-hydrogen) atoms. The van der Waals surface area contributed by atoms with Crippen LogP contribution in [0.15, 0.2) is 12.1 Å². The fraction of sp³-hybridized carbons (Fsp3) is 0.500. The van der Waals surface area contributed by atoms with Gasteiger partial charge in [0.15, 0.2) is 11.6 Å². The van der Waals surface area contributed by atoms with Crippen LogP contribution in [-0.4, -0.2) is 28.8 Å². The maximum absolute atomic E-state index is 13.3. The molecule has 1 amide bonds. The van der Waals surface area contributed by atoms with Crippen LogP contribution in [0.3, 0.4) is 0 Å². The lowest BCUT2D eigenvalue weighted by molar-refractivity contribution is -0.385. The fourth-order valence-corrected chi connectivity index (χ4v) is 1.81. The highest BCUT2D eigenvalue weighted by molar-refractivity contribution is 5.98. The SMILES string of the molecule is CC(N(C)C(=O)c1cc(F)c(F)cc1[N+](=O)[O-])C(C)(C)C. The van der Waals surface area contributed by atoms with Gasteiger partial charge in [0, 0.05) is 13.1 Å². The molecule has 0 saturated heterocycles. The Labute approximate surface area is 121 Å². The van der Waals surface area contributed by atoms with Gasteiger partial charge in [-0.05, 0) is 18.4 Å². The van der Waals surface area contributed by atoms with Crippen molar-refractivity contribution in [3.05, 3.63) is 39.4 Å². The van der Waals surface area contributed by atoms with Gasteiger partial charge < -0.3 is 4.90 Å². The number of hydrogen-bond donors (Lipinski definition) is 0. The Morgan fingerprint density at radius 2 is 1.76 bits per heavy atom. The van der Waals surface area contributed by atoms with Crippen molar-refractivity contribution in [3.8, 4) is 0 Å². The van der Waals surface area contributed by atoms with Crippen LogP contribution in [0.2, 0.25) is 0 Å². The average molecular weight is 300 g/mol. The lowest BCUT2D eigenvalue weighted by Gasteiger charge is -2.35. The van der Waals surface area contributed by atoms with E-state index in [1.807, 2.05) is 20.8 Å². The summed E-state index contributed by atoms with van der Waals surface area (Å²) in [6.45, 7) is 7.49. The van der Waals surface area contributed by atoms with Crippen molar-refractivity contribution in [3.63, 3.8) is 0 Å². The first-order valence-corrected chi connectivity index (χ1v) is 6.37. The van der Waals surface area contributed by atoms with Crippen molar-refractivity contribution >= 4 is 11.6 Å². The third-order valence-corrected chi connectivity index (χ3v) is 3.62. The molecule has 0 heterocycles. The Balaban J connectivity index is 3.30. The molecule has 0 aromatic heterocycles. The molecule has 1 aromatic rings. The van der Waals surface area contributed by atoms with Gasteiger partial charge in [0.25, 0.3) is 11.6 Å². The van der Waals surface area contributed by atoms with E-state index in [-0.39, 0.29) is 11.5 Å². The van der Waals surface area contributed by atoms with E-state index in [0.717, 1.165) is 0 Å². The molecule has 0 aliphatic heterocycles. The minimum Gasteiger partial charge on any atom is -0.338 e. The summed E-state index contributed by atoms with van der Waals surface area (Å²) in [6, 6.07) is 0.748. The predicted octanol–water partition coefficient (Wildman–Crippen LogP) is 3.38. The van der Waals surface area contributed by atoms with Gasteiger partial charge in [-0.25, -0.2) is 8.78 Å². The number of rotatable bonds is 3. The molecule has 0 aliphatic carbocycles. The Morgan fingerprint density at radius 3 is 2.19 bits per heavy atom. The van der Waals surface area contributed by atoms with E-state index in [0.29, 0.717) is 12.1 Å². The average Bonchev–Trinajstić information content (AvgIpc) is 2.37. The molecule has 0 radical (unpaired) electrons. The van der Waals surface area contributed by atoms with Crippen LogP contribution in [-0.2, 0) is 0 Å². The lowest BCUT2D eigenvalue weighted by atomic mass is 9.87. The van der Waals surface area contributed by atoms with Gasteiger partial charge in [-0.1, -0.05) is 20.8 Å². The zero-order valence-corrected chi connectivity index (χ0v) is 12.6. The molecule has 0 bridgehead atoms. The van der Waals surface area contributed by atoms with E-state index in [1.165, 1.54) is 11.9 Å². The van der Waals surface area contributed by atoms with Gasteiger partial charge in [0.05, 0.1) is 11.0 Å². The second-order valence-corrected chi connectivity index (χ2v) is 6.00. The minimum atomic E-state index is -1.36. The number of amides is 1. The van der Waals surface area contributed by atoms with E-state index in [9.17, 15) is 23.7 Å². The summed E-state index contributed by atoms with van der Waals surface area (Å²) in [5.41, 5.74) is -1.47. The molecule has 0 N–H and O–H groups in total. The smallest absolute Gasteiger partial charge is 0.285 e. The van der Waals surface area contributed by atoms with Gasteiger partial charge >= 0.3 is 0 Å². The summed E-state index contributed by atoms with van der Waals surface area (Å²) in [4.78, 5) is 23.7. The fourth-order valence-electron chi connectivity index (χ4n) is 1.81. The summed E-state index contributed by atoms with van der Waals surface area (Å²) in [5.74, 6) is -3.37. The number of nitro benzene ring substituents is 1. The zero-order valence-electron chi connectivity index (χ0n) is 12.6. The van der Waals surface area contributed by atoms with E-state index < -0.39 is 33.7 Å². The van der Waals surface area contributed by atoms with Crippen LogP contribution in [0.25, 0.3) is 0 Å². The topological polar surface area (TPSA) is 63.5 Å². The van der Waals surface area contributed by atoms with Crippen LogP contribution in [0.5, 0.6) is 0 Å². The van der Waals surface area contributed by atoms with Crippen molar-refractivity contribution in [1.82, 2.24) is 4.90 Å². The van der Waals surface area contributed by atoms with Crippen molar-refractivity contribution < 1.29 is 18.5 Å². The highest BCUT2D eigenvalue weighted by Crippen LogP contribution is 2.28. The number of hydrogen-bond acceptors (Lipinski definition) is 3. The molecule has 1 atom stereocenters. The number of carbonyl (C=O) groups is 1. The van der Waals surface area contributed by atoms with Crippen LogP contribution in [0.1, 0.15) is 38.1 Å². The molecular formula is C14H18F2N2O3. The molecule has 0 spiro atoms. The molecule has 1 unspecified atom stereocenters. The predicted molar refractivity (Wildman–Crippen MR) is 74.0 cm³/mol. The Hall–Kier alpha value is -2.05. The number of nitro groups is 1. The number of nitrogens with zero attached hydrogens (tertiary/aromatic N) is 2. The van der Waals surface area contributed by atoms with Gasteiger partial charge in [-0.2, -0.15) is 0 Å². The largest absolute Gasteiger partial charge is 0.338 e. The van der Waals surface area contributed by atoms with E-state index >= 15 is 0 Å². The first kappa shape index (κ1) is 17.0. The van der Waals surface area contributed by atoms with E-state index in [1.54, 1.807) is 6.92 Å². The lowest BCUT2D eigenvalue weighted by Crippen LogP contribution is -2.43. The van der Waals surface area contributed by atoms with Gasteiger partial charge in [-0.15, -0.1) is 0 Å². The molecule has 0 saturated carbocycles. The molecule has 0 fully saturated rings. The molecule has 1 rings (SSSR count). The highest BCUT2D eigenvalue weighted by atomic mass is 19.2. The second-order valence-electron chi connectivity index (χ2n) is 6.00. The maximum Gasteiger partial charge on any atom is 0.285 e. The van der Waals surface area contributed by atoms with Crippen molar-refractivity contribution in [2.24, 2.45) is 5.41 Å². The quantitative estimate of drug-likeness (QED) is 0.635. The van der Waals surface area contributed by atoms with E-state index in [2.05, 4.69) is 0 Å². The Bertz CT molecular complexity index is 582. The molecule has 1 aromatic carbocycles. The van der Waals surface area contributed by atoms with Crippen LogP contribution >= 0.6 is 0 Å². The van der Waals surface area contributed by atoms with Gasteiger partial charge in [-0.3, -0.25) is 14.9 Å². The summed E-state index contributed by atoms with van der Waals surface area (Å²) < 4.78 is 26.4. The van der Waals surface area contributed by atoms with Crippen molar-refractivity contribution in [2.75, 3.05) is 7.05 Å². The summed E-state index contributed by atoms with van der Waals surface area (Å²) in [5, 5.41) is 10.9. The monoisotopic (exact) mass is 300 g/mol. The summed E-state index contributed by atoms with van der Waals surface area (Å²) >= 11 is 0.